The van der Waals surface area contributed by atoms with Crippen LogP contribution in [0.1, 0.15) is 0 Å². The van der Waals surface area contributed by atoms with E-state index in [9.17, 15) is 10.2 Å². The molecule has 0 bridgehead atoms. The van der Waals surface area contributed by atoms with E-state index in [0.29, 0.717) is 0 Å². The molecule has 0 amide bonds. The van der Waals surface area contributed by atoms with Crippen molar-refractivity contribution in [2.45, 2.75) is 9.79 Å². The minimum Gasteiger partial charge on any atom is -0.507 e. The molecule has 0 radical (unpaired) electrons. The Balaban J connectivity index is 1.89. The Hall–Kier alpha value is -1.66. The molecule has 2 aromatic carbocycles. The van der Waals surface area contributed by atoms with E-state index in [1.165, 1.54) is 0 Å². The third kappa shape index (κ3) is 4.42. The molecule has 22 heavy (non-hydrogen) atoms. The quantitative estimate of drug-likeness (QED) is 0.588. The molecule has 4 nitrogen and oxygen atoms in total. The molecular formula is C16H18O4S2. The summed E-state index contributed by atoms with van der Waals surface area (Å²) >= 11 is 3.10. The van der Waals surface area contributed by atoms with Gasteiger partial charge in [0.1, 0.15) is 23.0 Å². The molecule has 0 atom stereocenters. The second-order valence-electron chi connectivity index (χ2n) is 4.36. The van der Waals surface area contributed by atoms with E-state index in [1.54, 1.807) is 62.0 Å². The zero-order chi connectivity index (χ0) is 15.9. The molecule has 0 heterocycles. The minimum absolute atomic E-state index is 0.250. The van der Waals surface area contributed by atoms with Crippen molar-refractivity contribution in [1.29, 1.82) is 0 Å². The fraction of sp³-hybridized carbons (Fsp3) is 0.250. The highest BCUT2D eigenvalue weighted by molar-refractivity contribution is 8.03. The van der Waals surface area contributed by atoms with Gasteiger partial charge in [-0.2, -0.15) is 0 Å². The first kappa shape index (κ1) is 16.7. The lowest BCUT2D eigenvalue weighted by molar-refractivity contribution is 0.409. The van der Waals surface area contributed by atoms with Crippen LogP contribution in [0.2, 0.25) is 0 Å². The number of ether oxygens (including phenoxy) is 2. The average Bonchev–Trinajstić information content (AvgIpc) is 2.54. The molecule has 0 aliphatic rings. The first-order valence-electron chi connectivity index (χ1n) is 6.63. The van der Waals surface area contributed by atoms with Crippen LogP contribution in [-0.2, 0) is 0 Å². The molecule has 0 aliphatic carbocycles. The predicted molar refractivity (Wildman–Crippen MR) is 90.8 cm³/mol. The first-order chi connectivity index (χ1) is 10.6. The predicted octanol–water partition coefficient (Wildman–Crippen LogP) is 4.00. The fourth-order valence-electron chi connectivity index (χ4n) is 1.78. The maximum atomic E-state index is 9.82. The summed E-state index contributed by atoms with van der Waals surface area (Å²) in [5, 5.41) is 19.6. The van der Waals surface area contributed by atoms with Crippen molar-refractivity contribution in [3.05, 3.63) is 36.4 Å². The van der Waals surface area contributed by atoms with Gasteiger partial charge in [0.25, 0.3) is 0 Å². The van der Waals surface area contributed by atoms with Gasteiger partial charge < -0.3 is 19.7 Å². The molecule has 2 aromatic rings. The lowest BCUT2D eigenvalue weighted by Gasteiger charge is -2.08. The molecule has 0 fully saturated rings. The Bertz CT molecular complexity index is 576. The van der Waals surface area contributed by atoms with Crippen LogP contribution in [-0.4, -0.2) is 35.9 Å². The van der Waals surface area contributed by atoms with Crippen LogP contribution in [0.4, 0.5) is 0 Å². The molecule has 0 saturated carbocycles. The Morgan fingerprint density at radius 2 is 1.18 bits per heavy atom. The van der Waals surface area contributed by atoms with E-state index in [2.05, 4.69) is 0 Å². The maximum absolute atomic E-state index is 9.82. The van der Waals surface area contributed by atoms with Gasteiger partial charge >= 0.3 is 0 Å². The second-order valence-corrected chi connectivity index (χ2v) is 6.64. The largest absolute Gasteiger partial charge is 0.507 e. The van der Waals surface area contributed by atoms with Crippen molar-refractivity contribution < 1.29 is 19.7 Å². The first-order valence-corrected chi connectivity index (χ1v) is 8.60. The summed E-state index contributed by atoms with van der Waals surface area (Å²) in [5.41, 5.74) is 0. The number of benzene rings is 2. The van der Waals surface area contributed by atoms with Crippen LogP contribution in [0.25, 0.3) is 0 Å². The number of thioether (sulfide) groups is 2. The highest BCUT2D eigenvalue weighted by atomic mass is 32.2. The van der Waals surface area contributed by atoms with Gasteiger partial charge in [0.2, 0.25) is 0 Å². The number of hydrogen-bond donors (Lipinski definition) is 2. The monoisotopic (exact) mass is 338 g/mol. The Morgan fingerprint density at radius 1 is 0.773 bits per heavy atom. The second kappa shape index (κ2) is 8.10. The molecule has 0 unspecified atom stereocenters. The summed E-state index contributed by atoms with van der Waals surface area (Å²) in [7, 11) is 3.20. The maximum Gasteiger partial charge on any atom is 0.129 e. The van der Waals surface area contributed by atoms with E-state index in [4.69, 9.17) is 9.47 Å². The number of phenolic OH excluding ortho intramolecular Hbond substituents is 2. The number of phenols is 2. The zero-order valence-corrected chi connectivity index (χ0v) is 14.0. The normalized spacial score (nSPS) is 10.5. The molecule has 6 heteroatoms. The number of methoxy groups -OCH3 is 2. The summed E-state index contributed by atoms with van der Waals surface area (Å²) in [6.45, 7) is 0. The van der Waals surface area contributed by atoms with Crippen LogP contribution in [0.3, 0.4) is 0 Å². The highest BCUT2D eigenvalue weighted by Crippen LogP contribution is 2.35. The molecule has 0 saturated heterocycles. The number of rotatable bonds is 7. The lowest BCUT2D eigenvalue weighted by atomic mass is 10.3. The smallest absolute Gasteiger partial charge is 0.129 e. The van der Waals surface area contributed by atoms with Gasteiger partial charge in [0.15, 0.2) is 0 Å². The Morgan fingerprint density at radius 3 is 1.55 bits per heavy atom. The molecule has 2 rings (SSSR count). The van der Waals surface area contributed by atoms with E-state index in [1.807, 2.05) is 12.1 Å². The summed E-state index contributed by atoms with van der Waals surface area (Å²) in [5.74, 6) is 3.53. The van der Waals surface area contributed by atoms with E-state index >= 15 is 0 Å². The SMILES string of the molecule is COc1ccc(O)c(SCCSc2cc(OC)ccc2O)c1. The molecule has 118 valence electrons. The number of aromatic hydroxyl groups is 2. The molecule has 0 aromatic heterocycles. The van der Waals surface area contributed by atoms with Crippen molar-refractivity contribution in [3.63, 3.8) is 0 Å². The number of hydrogen-bond acceptors (Lipinski definition) is 6. The summed E-state index contributed by atoms with van der Waals surface area (Å²) in [6.07, 6.45) is 0. The van der Waals surface area contributed by atoms with Gasteiger partial charge in [0, 0.05) is 11.5 Å². The summed E-state index contributed by atoms with van der Waals surface area (Å²) < 4.78 is 10.3. The highest BCUT2D eigenvalue weighted by Gasteiger charge is 2.06. The zero-order valence-electron chi connectivity index (χ0n) is 12.4. The van der Waals surface area contributed by atoms with Crippen LogP contribution >= 0.6 is 23.5 Å². The fourth-order valence-corrected chi connectivity index (χ4v) is 3.71. The molecule has 0 aliphatic heterocycles. The van der Waals surface area contributed by atoms with Gasteiger partial charge in [-0.15, -0.1) is 23.5 Å². The van der Waals surface area contributed by atoms with Crippen LogP contribution in [0.5, 0.6) is 23.0 Å². The van der Waals surface area contributed by atoms with Gasteiger partial charge in [-0.3, -0.25) is 0 Å². The van der Waals surface area contributed by atoms with E-state index in [-0.39, 0.29) is 11.5 Å². The lowest BCUT2D eigenvalue weighted by Crippen LogP contribution is -1.88. The summed E-state index contributed by atoms with van der Waals surface area (Å²) in [4.78, 5) is 1.57. The van der Waals surface area contributed by atoms with Crippen molar-refractivity contribution in [1.82, 2.24) is 0 Å². The van der Waals surface area contributed by atoms with Crippen LogP contribution in [0.15, 0.2) is 46.2 Å². The summed E-state index contributed by atoms with van der Waals surface area (Å²) in [6, 6.07) is 10.3. The third-order valence-corrected chi connectivity index (χ3v) is 5.28. The van der Waals surface area contributed by atoms with E-state index in [0.717, 1.165) is 32.8 Å². The average molecular weight is 338 g/mol. The topological polar surface area (TPSA) is 58.9 Å². The van der Waals surface area contributed by atoms with Crippen LogP contribution in [0, 0.1) is 0 Å². The third-order valence-electron chi connectivity index (χ3n) is 2.93. The van der Waals surface area contributed by atoms with Gasteiger partial charge in [-0.1, -0.05) is 0 Å². The van der Waals surface area contributed by atoms with Crippen molar-refractivity contribution in [2.24, 2.45) is 0 Å². The van der Waals surface area contributed by atoms with Crippen molar-refractivity contribution in [3.8, 4) is 23.0 Å². The van der Waals surface area contributed by atoms with Crippen molar-refractivity contribution >= 4 is 23.5 Å². The molecule has 2 N–H and O–H groups in total. The Kier molecular flexibility index (Phi) is 6.15. The molecule has 0 spiro atoms. The van der Waals surface area contributed by atoms with Crippen molar-refractivity contribution in [2.75, 3.05) is 25.7 Å². The standard InChI is InChI=1S/C16H18O4S2/c1-19-11-3-5-13(17)15(9-11)21-7-8-22-16-10-12(20-2)4-6-14(16)18/h3-6,9-10,17-18H,7-8H2,1-2H3. The minimum atomic E-state index is 0.250. The van der Waals surface area contributed by atoms with Gasteiger partial charge in [-0.05, 0) is 36.4 Å². The van der Waals surface area contributed by atoms with E-state index < -0.39 is 0 Å². The van der Waals surface area contributed by atoms with Crippen LogP contribution < -0.4 is 9.47 Å². The van der Waals surface area contributed by atoms with Gasteiger partial charge in [0.05, 0.1) is 24.0 Å². The van der Waals surface area contributed by atoms with Gasteiger partial charge in [-0.25, -0.2) is 0 Å². The molecular weight excluding hydrogens is 320 g/mol. The Labute approximate surface area is 138 Å².